The van der Waals surface area contributed by atoms with Gasteiger partial charge in [-0.15, -0.1) is 0 Å². The fraction of sp³-hybridized carbons (Fsp3) is 1.00. The van der Waals surface area contributed by atoms with E-state index >= 15 is 0 Å². The zero-order valence-electron chi connectivity index (χ0n) is 11.1. The highest BCUT2D eigenvalue weighted by Crippen LogP contribution is 2.02. The molecule has 0 bridgehead atoms. The maximum atomic E-state index is 5.47. The van der Waals surface area contributed by atoms with E-state index in [9.17, 15) is 0 Å². The van der Waals surface area contributed by atoms with Crippen molar-refractivity contribution in [2.45, 2.75) is 39.0 Å². The molecule has 17 heavy (non-hydrogen) atoms. The number of ether oxygens (including phenoxy) is 3. The fourth-order valence-corrected chi connectivity index (χ4v) is 1.63. The average Bonchev–Trinajstić information content (AvgIpc) is 2.35. The third kappa shape index (κ3) is 16.4. The smallest absolute Gasteiger partial charge is 0.0701 e. The molecule has 0 heterocycles. The third-order valence-electron chi connectivity index (χ3n) is 2.36. The van der Waals surface area contributed by atoms with Gasteiger partial charge < -0.3 is 14.2 Å². The van der Waals surface area contributed by atoms with Crippen LogP contribution < -0.4 is 0 Å². The Bertz CT molecular complexity index is 120. The second-order valence-electron chi connectivity index (χ2n) is 3.94. The monoisotopic (exact) mass is 310 g/mol. The van der Waals surface area contributed by atoms with Gasteiger partial charge in [0, 0.05) is 11.9 Å². The van der Waals surface area contributed by atoms with Gasteiger partial charge in [0.15, 0.2) is 0 Å². The third-order valence-corrected chi connectivity index (χ3v) is 2.68. The van der Waals surface area contributed by atoms with E-state index < -0.39 is 0 Å². The molecule has 3 nitrogen and oxygen atoms in total. The molecule has 4 heteroatoms. The van der Waals surface area contributed by atoms with Crippen LogP contribution in [0.3, 0.4) is 0 Å². The zero-order valence-corrected chi connectivity index (χ0v) is 12.7. The quantitative estimate of drug-likeness (QED) is 0.363. The summed E-state index contributed by atoms with van der Waals surface area (Å²) in [5.41, 5.74) is 0. The molecular weight excluding hydrogens is 284 g/mol. The fourth-order valence-electron chi connectivity index (χ4n) is 1.40. The van der Waals surface area contributed by atoms with Crippen molar-refractivity contribution in [2.24, 2.45) is 0 Å². The summed E-state index contributed by atoms with van der Waals surface area (Å²) in [6, 6.07) is 0. The van der Waals surface area contributed by atoms with Crippen LogP contribution in [0.5, 0.6) is 0 Å². The van der Waals surface area contributed by atoms with Gasteiger partial charge in [-0.05, 0) is 6.42 Å². The van der Waals surface area contributed by atoms with Crippen molar-refractivity contribution in [3.8, 4) is 0 Å². The summed E-state index contributed by atoms with van der Waals surface area (Å²) in [6.07, 6.45) is 6.44. The molecule has 0 aromatic heterocycles. The molecule has 0 aromatic rings. The van der Waals surface area contributed by atoms with Crippen LogP contribution in [0.4, 0.5) is 0 Å². The van der Waals surface area contributed by atoms with Gasteiger partial charge in [-0.3, -0.25) is 0 Å². The summed E-state index contributed by atoms with van der Waals surface area (Å²) in [5, 5.41) is 0.883. The summed E-state index contributed by atoms with van der Waals surface area (Å²) >= 11 is 3.30. The zero-order chi connectivity index (χ0) is 12.6. The van der Waals surface area contributed by atoms with Gasteiger partial charge >= 0.3 is 0 Å². The molecule has 0 radical (unpaired) electrons. The van der Waals surface area contributed by atoms with Gasteiger partial charge in [-0.2, -0.15) is 0 Å². The van der Waals surface area contributed by atoms with Crippen molar-refractivity contribution in [3.63, 3.8) is 0 Å². The van der Waals surface area contributed by atoms with Gasteiger partial charge in [0.2, 0.25) is 0 Å². The lowest BCUT2D eigenvalue weighted by Crippen LogP contribution is -2.10. The number of unbranched alkanes of at least 4 members (excludes halogenated alkanes) is 4. The second-order valence-corrected chi connectivity index (χ2v) is 4.73. The molecule has 0 aromatic carbocycles. The van der Waals surface area contributed by atoms with Crippen LogP contribution in [-0.2, 0) is 14.2 Å². The standard InChI is InChI=1S/C13H27BrO3/c1-2-3-4-5-6-8-15-10-12-17-13-11-16-9-7-14/h2-13H2,1H3. The lowest BCUT2D eigenvalue weighted by molar-refractivity contribution is 0.0168. The highest BCUT2D eigenvalue weighted by Gasteiger charge is 1.92. The van der Waals surface area contributed by atoms with Crippen LogP contribution in [0.2, 0.25) is 0 Å². The Balaban J connectivity index is 2.85. The van der Waals surface area contributed by atoms with Gasteiger partial charge in [-0.25, -0.2) is 0 Å². The Morgan fingerprint density at radius 3 is 1.76 bits per heavy atom. The van der Waals surface area contributed by atoms with Crippen LogP contribution in [-0.4, -0.2) is 45.0 Å². The van der Waals surface area contributed by atoms with Crippen molar-refractivity contribution in [2.75, 3.05) is 45.0 Å². The summed E-state index contributed by atoms with van der Waals surface area (Å²) in [5.74, 6) is 0. The molecule has 0 fully saturated rings. The van der Waals surface area contributed by atoms with Gasteiger partial charge in [0.25, 0.3) is 0 Å². The molecule has 0 atom stereocenters. The van der Waals surface area contributed by atoms with Crippen molar-refractivity contribution >= 4 is 15.9 Å². The molecule has 0 amide bonds. The first-order valence-corrected chi connectivity index (χ1v) is 7.83. The Morgan fingerprint density at radius 2 is 1.18 bits per heavy atom. The number of rotatable bonds is 14. The lowest BCUT2D eigenvalue weighted by Gasteiger charge is -2.06. The first-order chi connectivity index (χ1) is 8.41. The molecule has 0 unspecified atom stereocenters. The van der Waals surface area contributed by atoms with Crippen LogP contribution in [0.25, 0.3) is 0 Å². The summed E-state index contributed by atoms with van der Waals surface area (Å²) in [4.78, 5) is 0. The van der Waals surface area contributed by atoms with Gasteiger partial charge in [-0.1, -0.05) is 48.5 Å². The molecule has 0 spiro atoms. The van der Waals surface area contributed by atoms with Gasteiger partial charge in [0.1, 0.15) is 0 Å². The highest BCUT2D eigenvalue weighted by atomic mass is 79.9. The van der Waals surface area contributed by atoms with E-state index in [0.29, 0.717) is 26.4 Å². The van der Waals surface area contributed by atoms with Crippen molar-refractivity contribution in [1.29, 1.82) is 0 Å². The Kier molecular flexibility index (Phi) is 16.7. The highest BCUT2D eigenvalue weighted by molar-refractivity contribution is 9.09. The van der Waals surface area contributed by atoms with E-state index in [0.717, 1.165) is 18.5 Å². The van der Waals surface area contributed by atoms with Crippen molar-refractivity contribution < 1.29 is 14.2 Å². The predicted octanol–water partition coefficient (Wildman–Crippen LogP) is 3.40. The van der Waals surface area contributed by atoms with Crippen molar-refractivity contribution in [3.05, 3.63) is 0 Å². The van der Waals surface area contributed by atoms with Crippen LogP contribution in [0.15, 0.2) is 0 Å². The predicted molar refractivity (Wildman–Crippen MR) is 75.0 cm³/mol. The Labute approximate surface area is 114 Å². The van der Waals surface area contributed by atoms with E-state index in [1.54, 1.807) is 0 Å². The van der Waals surface area contributed by atoms with Gasteiger partial charge in [0.05, 0.1) is 33.0 Å². The number of hydrogen-bond donors (Lipinski definition) is 0. The maximum Gasteiger partial charge on any atom is 0.0701 e. The first-order valence-electron chi connectivity index (χ1n) is 6.71. The van der Waals surface area contributed by atoms with E-state index in [4.69, 9.17) is 14.2 Å². The number of hydrogen-bond acceptors (Lipinski definition) is 3. The topological polar surface area (TPSA) is 27.7 Å². The van der Waals surface area contributed by atoms with E-state index in [1.807, 2.05) is 0 Å². The van der Waals surface area contributed by atoms with Crippen LogP contribution in [0.1, 0.15) is 39.0 Å². The van der Waals surface area contributed by atoms with E-state index in [-0.39, 0.29) is 0 Å². The van der Waals surface area contributed by atoms with E-state index in [1.165, 1.54) is 32.1 Å². The minimum absolute atomic E-state index is 0.660. The minimum Gasteiger partial charge on any atom is -0.379 e. The largest absolute Gasteiger partial charge is 0.379 e. The maximum absolute atomic E-state index is 5.47. The number of halogens is 1. The molecule has 0 aliphatic rings. The summed E-state index contributed by atoms with van der Waals surface area (Å²) < 4.78 is 16.1. The molecule has 0 saturated heterocycles. The van der Waals surface area contributed by atoms with Crippen LogP contribution in [0, 0.1) is 0 Å². The van der Waals surface area contributed by atoms with Crippen molar-refractivity contribution in [1.82, 2.24) is 0 Å². The lowest BCUT2D eigenvalue weighted by atomic mass is 10.2. The second kappa shape index (κ2) is 16.4. The first kappa shape index (κ1) is 17.4. The summed E-state index contributed by atoms with van der Waals surface area (Å²) in [7, 11) is 0. The molecule has 0 saturated carbocycles. The SMILES string of the molecule is CCCCCCCOCCOCCOCCBr. The van der Waals surface area contributed by atoms with E-state index in [2.05, 4.69) is 22.9 Å². The summed E-state index contributed by atoms with van der Waals surface area (Å²) in [6.45, 7) is 6.55. The molecule has 0 aliphatic carbocycles. The van der Waals surface area contributed by atoms with Crippen LogP contribution >= 0.6 is 15.9 Å². The normalized spacial score (nSPS) is 10.9. The molecule has 104 valence electrons. The molecule has 0 aliphatic heterocycles. The molecular formula is C13H27BrO3. The number of alkyl halides is 1. The minimum atomic E-state index is 0.660. The Hall–Kier alpha value is 0.360. The average molecular weight is 311 g/mol. The molecule has 0 rings (SSSR count). The molecule has 0 N–H and O–H groups in total. The Morgan fingerprint density at radius 1 is 0.647 bits per heavy atom.